The van der Waals surface area contributed by atoms with Crippen molar-refractivity contribution in [3.63, 3.8) is 0 Å². The van der Waals surface area contributed by atoms with E-state index < -0.39 is 59.7 Å². The summed E-state index contributed by atoms with van der Waals surface area (Å²) < 4.78 is 29.0. The summed E-state index contributed by atoms with van der Waals surface area (Å²) in [6.45, 7) is 18.6. The van der Waals surface area contributed by atoms with Crippen LogP contribution in [0.1, 0.15) is 377 Å². The first kappa shape index (κ1) is 90.4. The molecule has 14 nitrogen and oxygen atoms in total. The maximum absolute atomic E-state index is 14.3. The second kappa shape index (κ2) is 65.4. The lowest BCUT2D eigenvalue weighted by molar-refractivity contribution is -0.165. The molecule has 0 radical (unpaired) electrons. The zero-order chi connectivity index (χ0) is 68.6. The summed E-state index contributed by atoms with van der Waals surface area (Å²) in [5.74, 6) is -1.65. The SMILES string of the molecule is CCCCCCCCCCCCCCCCCCNC(=O)OCC(CSCC(C(=O)OC(C)(C)C)C(OC(=O)NCCCCCCCCCCCCCCCCCC)C(O)CSCCC(=O)OC(C)(C)C)OC(=O)NCCCCCCCCCCCCCCCCCC. The third kappa shape index (κ3) is 65.1. The minimum atomic E-state index is -1.33. The van der Waals surface area contributed by atoms with Crippen LogP contribution in [0.15, 0.2) is 0 Å². The number of nitrogens with one attached hydrogen (secondary N) is 3. The summed E-state index contributed by atoms with van der Waals surface area (Å²) in [4.78, 5) is 66.9. The largest absolute Gasteiger partial charge is 0.460 e. The summed E-state index contributed by atoms with van der Waals surface area (Å²) in [6.07, 6.45) is 54.9. The molecule has 0 spiro atoms. The van der Waals surface area contributed by atoms with Crippen LogP contribution in [0.2, 0.25) is 0 Å². The van der Waals surface area contributed by atoms with Gasteiger partial charge in [-0.15, -0.1) is 0 Å². The molecule has 0 saturated carbocycles. The van der Waals surface area contributed by atoms with Gasteiger partial charge in [-0.2, -0.15) is 23.5 Å². The van der Waals surface area contributed by atoms with Crippen molar-refractivity contribution < 1.29 is 52.8 Å². The molecule has 4 atom stereocenters. The van der Waals surface area contributed by atoms with E-state index in [-0.39, 0.29) is 36.3 Å². The van der Waals surface area contributed by atoms with Gasteiger partial charge in [0.1, 0.15) is 42.0 Å². The Kier molecular flexibility index (Phi) is 63.5. The Morgan fingerprint density at radius 1 is 0.366 bits per heavy atom. The number of esters is 2. The number of carbonyl (C=O) groups is 5. The van der Waals surface area contributed by atoms with Crippen LogP contribution in [-0.4, -0.2) is 114 Å². The zero-order valence-electron chi connectivity index (χ0n) is 62.0. The number of alkyl carbamates (subject to hydrolysis) is 3. The fourth-order valence-electron chi connectivity index (χ4n) is 11.6. The van der Waals surface area contributed by atoms with E-state index in [0.29, 0.717) is 25.4 Å². The molecule has 0 rings (SSSR count). The van der Waals surface area contributed by atoms with Gasteiger partial charge in [-0.05, 0) is 60.8 Å². The number of amides is 3. The predicted octanol–water partition coefficient (Wildman–Crippen LogP) is 22.2. The number of ether oxygens (including phenoxy) is 5. The average Bonchev–Trinajstić information content (AvgIpc) is 0.991. The minimum absolute atomic E-state index is 0.0117. The van der Waals surface area contributed by atoms with E-state index in [4.69, 9.17) is 23.7 Å². The third-order valence-electron chi connectivity index (χ3n) is 17.1. The number of hydrogen-bond acceptors (Lipinski definition) is 13. The molecular formula is C77H149N3O11S2. The van der Waals surface area contributed by atoms with E-state index in [1.54, 1.807) is 20.8 Å². The molecular weight excluding hydrogens is 1210 g/mol. The molecule has 0 bridgehead atoms. The first-order valence-electron chi connectivity index (χ1n) is 39.0. The highest BCUT2D eigenvalue weighted by Crippen LogP contribution is 2.27. The van der Waals surface area contributed by atoms with Crippen molar-refractivity contribution in [1.82, 2.24) is 16.0 Å². The molecule has 3 amide bonds. The van der Waals surface area contributed by atoms with Crippen LogP contribution in [0.5, 0.6) is 0 Å². The molecule has 0 aliphatic rings. The molecule has 93 heavy (non-hydrogen) atoms. The smallest absolute Gasteiger partial charge is 0.407 e. The van der Waals surface area contributed by atoms with Crippen molar-refractivity contribution in [2.75, 3.05) is 49.3 Å². The van der Waals surface area contributed by atoms with Crippen molar-refractivity contribution in [2.24, 2.45) is 5.92 Å². The molecule has 4 N–H and O–H groups in total. The van der Waals surface area contributed by atoms with Crippen LogP contribution >= 0.6 is 23.5 Å². The average molecular weight is 1360 g/mol. The van der Waals surface area contributed by atoms with Gasteiger partial charge < -0.3 is 44.7 Å². The summed E-state index contributed by atoms with van der Waals surface area (Å²) in [5, 5.41) is 20.5. The monoisotopic (exact) mass is 1360 g/mol. The lowest BCUT2D eigenvalue weighted by Crippen LogP contribution is -2.47. The molecule has 0 aliphatic heterocycles. The highest BCUT2D eigenvalue weighted by molar-refractivity contribution is 7.99. The van der Waals surface area contributed by atoms with Gasteiger partial charge in [0.2, 0.25) is 0 Å². The molecule has 0 aliphatic carbocycles. The standard InChI is InChI=1S/C77H149N3O11S2/c1-10-13-16-19-22-25-28-31-34-37-40-43-46-49-52-55-59-78-73(84)87-63-67(88-74(85)79-60-56-53-50-47-44-41-38-35-32-29-26-23-20-17-14-11-2)64-93-65-68(72(83)91-77(7,8)9)71(69(81)66-92-62-58-70(82)90-76(4,5)6)89-75(86)80-61-57-54-51-48-45-42-39-36-33-30-27-24-21-18-15-12-3/h67-69,71,81H,10-66H2,1-9H3,(H,78,84)(H,79,85)(H,80,86). The van der Waals surface area contributed by atoms with Crippen LogP contribution in [0, 0.1) is 5.92 Å². The Labute approximate surface area is 581 Å². The number of aliphatic hydroxyl groups is 1. The molecule has 550 valence electrons. The van der Waals surface area contributed by atoms with Gasteiger partial charge in [-0.1, -0.05) is 310 Å². The van der Waals surface area contributed by atoms with Gasteiger partial charge in [-0.25, -0.2) is 14.4 Å². The van der Waals surface area contributed by atoms with Crippen LogP contribution in [-0.2, 0) is 33.3 Å². The van der Waals surface area contributed by atoms with Crippen LogP contribution in [0.4, 0.5) is 14.4 Å². The second-order valence-electron chi connectivity index (χ2n) is 28.8. The van der Waals surface area contributed by atoms with Gasteiger partial charge in [0, 0.05) is 42.6 Å². The van der Waals surface area contributed by atoms with Gasteiger partial charge in [0.05, 0.1) is 6.42 Å². The van der Waals surface area contributed by atoms with E-state index in [0.717, 1.165) is 64.2 Å². The van der Waals surface area contributed by atoms with Gasteiger partial charge in [0.15, 0.2) is 0 Å². The molecule has 0 aromatic carbocycles. The number of aliphatic hydroxyl groups excluding tert-OH is 1. The number of unbranched alkanes of at least 4 members (excludes halogenated alkanes) is 45. The number of rotatable bonds is 67. The third-order valence-corrected chi connectivity index (χ3v) is 19.3. The Bertz CT molecular complexity index is 1720. The molecule has 16 heteroatoms. The van der Waals surface area contributed by atoms with Gasteiger partial charge >= 0.3 is 30.2 Å². The van der Waals surface area contributed by atoms with Crippen LogP contribution in [0.3, 0.4) is 0 Å². The second-order valence-corrected chi connectivity index (χ2v) is 31.1. The summed E-state index contributed by atoms with van der Waals surface area (Å²) >= 11 is 2.55. The van der Waals surface area contributed by atoms with Gasteiger partial charge in [-0.3, -0.25) is 9.59 Å². The van der Waals surface area contributed by atoms with Crippen molar-refractivity contribution in [3.8, 4) is 0 Å². The molecule has 0 heterocycles. The number of thioether (sulfide) groups is 2. The lowest BCUT2D eigenvalue weighted by atomic mass is 9.99. The van der Waals surface area contributed by atoms with E-state index in [9.17, 15) is 29.1 Å². The van der Waals surface area contributed by atoms with Crippen LogP contribution in [0.25, 0.3) is 0 Å². The first-order valence-corrected chi connectivity index (χ1v) is 41.3. The maximum Gasteiger partial charge on any atom is 0.407 e. The van der Waals surface area contributed by atoms with E-state index in [1.807, 2.05) is 20.8 Å². The number of hydrogen-bond donors (Lipinski definition) is 4. The van der Waals surface area contributed by atoms with E-state index in [1.165, 1.54) is 268 Å². The van der Waals surface area contributed by atoms with Crippen molar-refractivity contribution in [1.29, 1.82) is 0 Å². The van der Waals surface area contributed by atoms with E-state index in [2.05, 4.69) is 36.7 Å². The molecule has 0 aromatic rings. The highest BCUT2D eigenvalue weighted by atomic mass is 32.2. The van der Waals surface area contributed by atoms with Crippen molar-refractivity contribution in [3.05, 3.63) is 0 Å². The van der Waals surface area contributed by atoms with E-state index >= 15 is 0 Å². The Morgan fingerprint density at radius 2 is 0.667 bits per heavy atom. The van der Waals surface area contributed by atoms with Gasteiger partial charge in [0.25, 0.3) is 0 Å². The Hall–Kier alpha value is -2.59. The normalized spacial score (nSPS) is 13.1. The summed E-state index contributed by atoms with van der Waals surface area (Å²) in [5.41, 5.74) is -1.54. The van der Waals surface area contributed by atoms with Crippen LogP contribution < -0.4 is 16.0 Å². The quantitative estimate of drug-likeness (QED) is 0.0256. The van der Waals surface area contributed by atoms with Crippen molar-refractivity contribution >= 4 is 53.7 Å². The summed E-state index contributed by atoms with van der Waals surface area (Å²) in [7, 11) is 0. The molecule has 4 unspecified atom stereocenters. The Morgan fingerprint density at radius 3 is 0.989 bits per heavy atom. The topological polar surface area (TPSA) is 188 Å². The zero-order valence-corrected chi connectivity index (χ0v) is 63.6. The fraction of sp³-hybridized carbons (Fsp3) is 0.935. The first-order chi connectivity index (χ1) is 44.9. The molecule has 0 fully saturated rings. The maximum atomic E-state index is 14.3. The molecule has 0 saturated heterocycles. The Balaban J connectivity index is 5.73. The number of carbonyl (C=O) groups excluding carboxylic acids is 5. The summed E-state index contributed by atoms with van der Waals surface area (Å²) in [6, 6.07) is 0. The minimum Gasteiger partial charge on any atom is -0.460 e. The molecule has 0 aromatic heterocycles. The lowest BCUT2D eigenvalue weighted by Gasteiger charge is -2.31. The predicted molar refractivity (Wildman–Crippen MR) is 395 cm³/mol. The van der Waals surface area contributed by atoms with Crippen molar-refractivity contribution in [2.45, 2.75) is 406 Å². The fourth-order valence-corrected chi connectivity index (χ4v) is 13.6. The highest BCUT2D eigenvalue weighted by Gasteiger charge is 2.40.